The summed E-state index contributed by atoms with van der Waals surface area (Å²) in [6.07, 6.45) is 0. The molecule has 0 saturated heterocycles. The molecular weight excluding hydrogens is 252 g/mol. The van der Waals surface area contributed by atoms with Gasteiger partial charge in [0, 0.05) is 13.8 Å². The minimum atomic E-state index is -1.48. The fourth-order valence-electron chi connectivity index (χ4n) is 0. The van der Waals surface area contributed by atoms with Crippen LogP contribution in [-0.2, 0) is 21.8 Å². The van der Waals surface area contributed by atoms with Crippen LogP contribution in [0.2, 0.25) is 0 Å². The van der Waals surface area contributed by atoms with E-state index >= 15 is 0 Å². The molecule has 0 atom stereocenters. The summed E-state index contributed by atoms with van der Waals surface area (Å²) >= 11 is 16.2. The molecule has 58 valence electrons. The van der Waals surface area contributed by atoms with Gasteiger partial charge in [-0.1, -0.05) is 34.8 Å². The zero-order chi connectivity index (χ0) is 9.00. The quantitative estimate of drug-likeness (QED) is 0.371. The maximum atomic E-state index is 8.38. The van der Waals surface area contributed by atoms with Gasteiger partial charge in [-0.25, -0.2) is 0 Å². The predicted octanol–water partition coefficient (Wildman–Crippen LogP) is 1.74. The van der Waals surface area contributed by atoms with E-state index in [9.17, 15) is 0 Å². The molecule has 0 aromatic carbocycles. The first kappa shape index (κ1) is 13.8. The van der Waals surface area contributed by atoms with E-state index in [1.54, 1.807) is 13.8 Å². The molecule has 0 spiro atoms. The Labute approximate surface area is 84.8 Å². The molecule has 0 aromatic rings. The molecule has 0 bridgehead atoms. The van der Waals surface area contributed by atoms with Crippen LogP contribution in [0.3, 0.4) is 0 Å². The van der Waals surface area contributed by atoms with Crippen LogP contribution < -0.4 is 0 Å². The van der Waals surface area contributed by atoms with E-state index in [0.29, 0.717) is 0 Å². The van der Waals surface area contributed by atoms with E-state index in [4.69, 9.17) is 43.5 Å². The predicted molar refractivity (Wildman–Crippen MR) is 38.7 cm³/mol. The van der Waals surface area contributed by atoms with Crippen molar-refractivity contribution in [1.82, 2.24) is 0 Å². The van der Waals surface area contributed by atoms with Crippen molar-refractivity contribution < 1.29 is 26.9 Å². The van der Waals surface area contributed by atoms with Gasteiger partial charge >= 0.3 is 21.8 Å². The summed E-state index contributed by atoms with van der Waals surface area (Å²) in [7, 11) is 0. The SMILES string of the molecule is CC(C)([OH2+])C(Cl)(Cl)Cl.[O]=[Zn]. The minimum absolute atomic E-state index is 0.125. The summed E-state index contributed by atoms with van der Waals surface area (Å²) in [5.41, 5.74) is -1.02. The Morgan fingerprint density at radius 3 is 1.30 bits per heavy atom. The van der Waals surface area contributed by atoms with E-state index < -0.39 is 9.39 Å². The Balaban J connectivity index is 0. The first-order valence-electron chi connectivity index (χ1n) is 2.36. The zero-order valence-corrected chi connectivity index (χ0v) is 11.0. The molecule has 10 heavy (non-hydrogen) atoms. The summed E-state index contributed by atoms with van der Waals surface area (Å²) in [6, 6.07) is 0. The Kier molecular flexibility index (Phi) is 6.91. The zero-order valence-electron chi connectivity index (χ0n) is 5.75. The number of hydrogen-bond acceptors (Lipinski definition) is 1. The Morgan fingerprint density at radius 2 is 1.30 bits per heavy atom. The van der Waals surface area contributed by atoms with Gasteiger partial charge in [0.25, 0.3) is 3.79 Å². The second-order valence-corrected chi connectivity index (χ2v) is 4.40. The third kappa shape index (κ3) is 6.00. The molecule has 0 amide bonds. The average molecular weight is 260 g/mol. The fraction of sp³-hybridized carbons (Fsp3) is 1.00. The first-order valence-corrected chi connectivity index (χ1v) is 4.70. The van der Waals surface area contributed by atoms with Crippen LogP contribution in [0.25, 0.3) is 0 Å². The maximum absolute atomic E-state index is 8.38. The van der Waals surface area contributed by atoms with Crippen LogP contribution in [0.4, 0.5) is 0 Å². The molecule has 0 aromatic heterocycles. The Morgan fingerprint density at radius 1 is 1.20 bits per heavy atom. The van der Waals surface area contributed by atoms with Crippen molar-refractivity contribution in [3.63, 3.8) is 0 Å². The molecule has 6 heteroatoms. The number of alkyl halides is 3. The number of rotatable bonds is 0. The van der Waals surface area contributed by atoms with E-state index in [2.05, 4.69) is 0 Å². The van der Waals surface area contributed by atoms with Gasteiger partial charge in [-0.3, -0.25) is 0 Å². The topological polar surface area (TPSA) is 40.0 Å². The second-order valence-electron chi connectivity index (χ2n) is 2.12. The first-order chi connectivity index (χ1) is 4.25. The van der Waals surface area contributed by atoms with Gasteiger partial charge in [0.1, 0.15) is 0 Å². The van der Waals surface area contributed by atoms with E-state index in [-0.39, 0.29) is 18.3 Å². The molecule has 2 nitrogen and oxygen atoms in total. The molecule has 0 aliphatic carbocycles. The van der Waals surface area contributed by atoms with Crippen molar-refractivity contribution in [2.24, 2.45) is 0 Å². The van der Waals surface area contributed by atoms with Crippen molar-refractivity contribution in [2.75, 3.05) is 0 Å². The van der Waals surface area contributed by atoms with Crippen LogP contribution >= 0.6 is 34.8 Å². The van der Waals surface area contributed by atoms with E-state index in [1.165, 1.54) is 0 Å². The van der Waals surface area contributed by atoms with Gasteiger partial charge in [-0.05, 0) is 0 Å². The van der Waals surface area contributed by atoms with E-state index in [0.717, 1.165) is 0 Å². The molecule has 0 rings (SSSR count). The average Bonchev–Trinajstić information content (AvgIpc) is 1.66. The van der Waals surface area contributed by atoms with Crippen molar-refractivity contribution in [3.05, 3.63) is 0 Å². The van der Waals surface area contributed by atoms with Crippen molar-refractivity contribution in [2.45, 2.75) is 23.2 Å². The summed E-state index contributed by atoms with van der Waals surface area (Å²) < 4.78 is 6.90. The molecule has 0 aliphatic rings. The number of hydrogen-bond donors (Lipinski definition) is 0. The normalized spacial score (nSPS) is 12.0. The monoisotopic (exact) mass is 257 g/mol. The van der Waals surface area contributed by atoms with Gasteiger partial charge < -0.3 is 5.11 Å². The van der Waals surface area contributed by atoms with Crippen molar-refractivity contribution in [1.29, 1.82) is 0 Å². The van der Waals surface area contributed by atoms with Crippen LogP contribution in [-0.4, -0.2) is 14.5 Å². The fourth-order valence-corrected chi connectivity index (χ4v) is 0. The third-order valence-electron chi connectivity index (χ3n) is 0.709. The van der Waals surface area contributed by atoms with Crippen molar-refractivity contribution in [3.8, 4) is 0 Å². The van der Waals surface area contributed by atoms with Gasteiger partial charge in [-0.2, -0.15) is 0 Å². The van der Waals surface area contributed by atoms with Crippen LogP contribution in [0.15, 0.2) is 0 Å². The number of halogens is 3. The molecule has 0 fully saturated rings. The molecule has 0 saturated carbocycles. The van der Waals surface area contributed by atoms with Gasteiger partial charge in [0.05, 0.1) is 0 Å². The third-order valence-corrected chi connectivity index (χ3v) is 2.13. The summed E-state index contributed by atoms with van der Waals surface area (Å²) in [6.45, 7) is 3.08. The molecule has 0 aliphatic heterocycles. The molecule has 2 N–H and O–H groups in total. The molecular formula is C4H8Cl3O2Zn+. The van der Waals surface area contributed by atoms with Crippen LogP contribution in [0, 0.1) is 0 Å². The van der Waals surface area contributed by atoms with Crippen LogP contribution in [0.1, 0.15) is 13.8 Å². The molecule has 0 radical (unpaired) electrons. The van der Waals surface area contributed by atoms with Crippen molar-refractivity contribution >= 4 is 34.8 Å². The van der Waals surface area contributed by atoms with Gasteiger partial charge in [-0.15, -0.1) is 0 Å². The summed E-state index contributed by atoms with van der Waals surface area (Å²) in [5, 5.41) is 7.19. The van der Waals surface area contributed by atoms with Gasteiger partial charge in [0.2, 0.25) is 5.60 Å². The van der Waals surface area contributed by atoms with E-state index in [1.807, 2.05) is 0 Å². The Hall–Kier alpha value is 1.25. The molecule has 0 heterocycles. The van der Waals surface area contributed by atoms with Gasteiger partial charge in [0.15, 0.2) is 0 Å². The summed E-state index contributed by atoms with van der Waals surface area (Å²) in [4.78, 5) is 0. The summed E-state index contributed by atoms with van der Waals surface area (Å²) in [5.74, 6) is 0. The van der Waals surface area contributed by atoms with Crippen LogP contribution in [0.5, 0.6) is 0 Å². The molecule has 0 unspecified atom stereocenters. The Bertz CT molecular complexity index is 83.7. The second kappa shape index (κ2) is 5.00. The standard InChI is InChI=1S/C4H7Cl3O.O.Zn/c1-3(2,8)4(5,6)7;;/h8H,1-2H3;;/p+1.